The molecule has 0 unspecified atom stereocenters. The minimum atomic E-state index is 0.0186. The molecular weight excluding hydrogens is 248 g/mol. The number of ether oxygens (including phenoxy) is 1. The van der Waals surface area contributed by atoms with Crippen molar-refractivity contribution in [2.45, 2.75) is 40.0 Å². The lowest BCUT2D eigenvalue weighted by Crippen LogP contribution is -2.13. The molecule has 0 saturated carbocycles. The van der Waals surface area contributed by atoms with Crippen LogP contribution in [-0.4, -0.2) is 4.98 Å². The minimum absolute atomic E-state index is 0.0186. The van der Waals surface area contributed by atoms with Crippen LogP contribution in [0.3, 0.4) is 0 Å². The maximum Gasteiger partial charge on any atom is 0.222 e. The van der Waals surface area contributed by atoms with E-state index in [0.29, 0.717) is 11.6 Å². The summed E-state index contributed by atoms with van der Waals surface area (Å²) >= 11 is 0. The molecule has 1 aromatic heterocycles. The summed E-state index contributed by atoms with van der Waals surface area (Å²) in [5, 5.41) is 0. The first-order valence-corrected chi connectivity index (χ1v) is 6.78. The zero-order valence-electron chi connectivity index (χ0n) is 12.8. The summed E-state index contributed by atoms with van der Waals surface area (Å²) in [5.74, 6) is 1.47. The lowest BCUT2D eigenvalue weighted by molar-refractivity contribution is 0.436. The van der Waals surface area contributed by atoms with Gasteiger partial charge in [0, 0.05) is 11.1 Å². The number of rotatable bonds is 2. The van der Waals surface area contributed by atoms with Crippen molar-refractivity contribution in [3.63, 3.8) is 0 Å². The van der Waals surface area contributed by atoms with E-state index < -0.39 is 0 Å². The maximum absolute atomic E-state index is 6.04. The average molecular weight is 270 g/mol. The number of nitrogens with zero attached hydrogens (tertiary/aromatic N) is 1. The smallest absolute Gasteiger partial charge is 0.222 e. The summed E-state index contributed by atoms with van der Waals surface area (Å²) in [6, 6.07) is 8.15. The molecule has 0 saturated heterocycles. The van der Waals surface area contributed by atoms with E-state index in [0.717, 1.165) is 11.3 Å². The van der Waals surface area contributed by atoms with Gasteiger partial charge in [-0.3, -0.25) is 0 Å². The van der Waals surface area contributed by atoms with E-state index in [9.17, 15) is 0 Å². The van der Waals surface area contributed by atoms with Crippen LogP contribution in [0.25, 0.3) is 0 Å². The second-order valence-corrected chi connectivity index (χ2v) is 6.24. The van der Waals surface area contributed by atoms with Crippen LogP contribution < -0.4 is 10.5 Å². The molecule has 0 fully saturated rings. The van der Waals surface area contributed by atoms with Gasteiger partial charge < -0.3 is 10.5 Å². The van der Waals surface area contributed by atoms with Gasteiger partial charge in [-0.2, -0.15) is 0 Å². The first kappa shape index (κ1) is 14.4. The van der Waals surface area contributed by atoms with Crippen molar-refractivity contribution in [3.05, 3.63) is 47.2 Å². The monoisotopic (exact) mass is 270 g/mol. The molecule has 106 valence electrons. The van der Waals surface area contributed by atoms with E-state index in [-0.39, 0.29) is 5.41 Å². The molecule has 1 aromatic carbocycles. The van der Waals surface area contributed by atoms with Gasteiger partial charge in [0.15, 0.2) is 0 Å². The van der Waals surface area contributed by atoms with Crippen LogP contribution in [0, 0.1) is 13.8 Å². The number of nitrogens with two attached hydrogens (primary N) is 1. The largest absolute Gasteiger partial charge is 0.438 e. The molecule has 0 radical (unpaired) electrons. The fourth-order valence-electron chi connectivity index (χ4n) is 2.13. The van der Waals surface area contributed by atoms with E-state index in [4.69, 9.17) is 10.5 Å². The highest BCUT2D eigenvalue weighted by atomic mass is 16.5. The Balaban J connectivity index is 2.45. The zero-order chi connectivity index (χ0) is 14.9. The summed E-state index contributed by atoms with van der Waals surface area (Å²) in [4.78, 5) is 4.28. The van der Waals surface area contributed by atoms with Crippen molar-refractivity contribution in [2.24, 2.45) is 0 Å². The quantitative estimate of drug-likeness (QED) is 0.881. The summed E-state index contributed by atoms with van der Waals surface area (Å²) < 4.78 is 6.04. The summed E-state index contributed by atoms with van der Waals surface area (Å²) in [5.41, 5.74) is 9.66. The molecule has 0 spiro atoms. The Kier molecular flexibility index (Phi) is 3.71. The van der Waals surface area contributed by atoms with Crippen molar-refractivity contribution < 1.29 is 4.74 Å². The van der Waals surface area contributed by atoms with Crippen molar-refractivity contribution in [3.8, 4) is 11.6 Å². The first-order valence-electron chi connectivity index (χ1n) is 6.78. The van der Waals surface area contributed by atoms with Gasteiger partial charge in [0.2, 0.25) is 5.88 Å². The minimum Gasteiger partial charge on any atom is -0.438 e. The number of pyridine rings is 1. The molecule has 3 heteroatoms. The van der Waals surface area contributed by atoms with Gasteiger partial charge in [0.25, 0.3) is 0 Å². The Morgan fingerprint density at radius 1 is 1.10 bits per heavy atom. The molecule has 1 heterocycles. The number of aromatic nitrogens is 1. The lowest BCUT2D eigenvalue weighted by Gasteiger charge is -2.23. The second kappa shape index (κ2) is 5.16. The van der Waals surface area contributed by atoms with E-state index in [2.05, 4.69) is 50.9 Å². The van der Waals surface area contributed by atoms with Crippen LogP contribution in [0.2, 0.25) is 0 Å². The normalized spacial score (nSPS) is 11.4. The molecule has 2 rings (SSSR count). The van der Waals surface area contributed by atoms with Gasteiger partial charge in [-0.05, 0) is 37.0 Å². The van der Waals surface area contributed by atoms with Crippen LogP contribution in [0.5, 0.6) is 11.6 Å². The van der Waals surface area contributed by atoms with Crippen LogP contribution in [-0.2, 0) is 5.41 Å². The molecule has 2 N–H and O–H groups in total. The average Bonchev–Trinajstić information content (AvgIpc) is 2.31. The molecule has 20 heavy (non-hydrogen) atoms. The molecule has 0 amide bonds. The third-order valence-corrected chi connectivity index (χ3v) is 3.20. The predicted molar refractivity (Wildman–Crippen MR) is 83.3 cm³/mol. The van der Waals surface area contributed by atoms with E-state index >= 15 is 0 Å². The number of anilines is 1. The number of aryl methyl sites for hydroxylation is 2. The van der Waals surface area contributed by atoms with Crippen molar-refractivity contribution in [2.75, 3.05) is 5.73 Å². The number of nitrogen functional groups attached to an aromatic ring is 1. The highest BCUT2D eigenvalue weighted by Crippen LogP contribution is 2.35. The Morgan fingerprint density at radius 3 is 2.40 bits per heavy atom. The molecular formula is C17H22N2O. The SMILES string of the molecule is Cc1ccc(C(C)(C)C)c(Oc2ncc(N)cc2C)c1. The predicted octanol–water partition coefficient (Wildman–Crippen LogP) is 4.37. The Morgan fingerprint density at radius 2 is 1.80 bits per heavy atom. The highest BCUT2D eigenvalue weighted by Gasteiger charge is 2.20. The summed E-state index contributed by atoms with van der Waals surface area (Å²) in [6.45, 7) is 10.5. The fourth-order valence-corrected chi connectivity index (χ4v) is 2.13. The van der Waals surface area contributed by atoms with E-state index in [1.54, 1.807) is 6.20 Å². The third-order valence-electron chi connectivity index (χ3n) is 3.20. The van der Waals surface area contributed by atoms with Crippen LogP contribution in [0.15, 0.2) is 30.5 Å². The standard InChI is InChI=1S/C17H22N2O/c1-11-6-7-14(17(3,4)5)15(8-11)20-16-12(2)9-13(18)10-19-16/h6-10H,18H2,1-5H3. The lowest BCUT2D eigenvalue weighted by atomic mass is 9.86. The molecule has 0 aliphatic heterocycles. The number of benzene rings is 1. The van der Waals surface area contributed by atoms with Crippen molar-refractivity contribution >= 4 is 5.69 Å². The Hall–Kier alpha value is -2.03. The summed E-state index contributed by atoms with van der Waals surface area (Å²) in [6.07, 6.45) is 1.62. The third kappa shape index (κ3) is 3.10. The van der Waals surface area contributed by atoms with Gasteiger partial charge in [-0.1, -0.05) is 32.9 Å². The zero-order valence-corrected chi connectivity index (χ0v) is 12.8. The molecule has 3 nitrogen and oxygen atoms in total. The summed E-state index contributed by atoms with van der Waals surface area (Å²) in [7, 11) is 0. The second-order valence-electron chi connectivity index (χ2n) is 6.24. The number of hydrogen-bond donors (Lipinski definition) is 1. The van der Waals surface area contributed by atoms with Gasteiger partial charge in [-0.15, -0.1) is 0 Å². The maximum atomic E-state index is 6.04. The van der Waals surface area contributed by atoms with Gasteiger partial charge in [0.1, 0.15) is 5.75 Å². The van der Waals surface area contributed by atoms with Crippen LogP contribution in [0.1, 0.15) is 37.5 Å². The number of hydrogen-bond acceptors (Lipinski definition) is 3. The highest BCUT2D eigenvalue weighted by molar-refractivity contribution is 5.46. The molecule has 0 aliphatic rings. The molecule has 0 aliphatic carbocycles. The van der Waals surface area contributed by atoms with Gasteiger partial charge in [-0.25, -0.2) is 4.98 Å². The van der Waals surface area contributed by atoms with Crippen LogP contribution in [0.4, 0.5) is 5.69 Å². The van der Waals surface area contributed by atoms with Gasteiger partial charge >= 0.3 is 0 Å². The topological polar surface area (TPSA) is 48.1 Å². The van der Waals surface area contributed by atoms with Crippen molar-refractivity contribution in [1.29, 1.82) is 0 Å². The molecule has 0 atom stereocenters. The van der Waals surface area contributed by atoms with Crippen molar-refractivity contribution in [1.82, 2.24) is 4.98 Å². The fraction of sp³-hybridized carbons (Fsp3) is 0.353. The van der Waals surface area contributed by atoms with Crippen LogP contribution >= 0.6 is 0 Å². The molecule has 2 aromatic rings. The Bertz CT molecular complexity index is 627. The molecule has 0 bridgehead atoms. The Labute approximate surface area is 120 Å². The van der Waals surface area contributed by atoms with E-state index in [1.807, 2.05) is 13.0 Å². The van der Waals surface area contributed by atoms with E-state index in [1.165, 1.54) is 11.1 Å². The van der Waals surface area contributed by atoms with Gasteiger partial charge in [0.05, 0.1) is 11.9 Å². The first-order chi connectivity index (χ1) is 9.27.